The maximum Gasteiger partial charge on any atom is 0.339 e. The Morgan fingerprint density at radius 2 is 1.69 bits per heavy atom. The fourth-order valence-electron chi connectivity index (χ4n) is 5.48. The number of rotatable bonds is 9. The molecule has 0 unspecified atom stereocenters. The second kappa shape index (κ2) is 13.2. The van der Waals surface area contributed by atoms with Crippen LogP contribution in [0.4, 0.5) is 11.5 Å². The minimum Gasteiger partial charge on any atom is -0.457 e. The first-order valence-corrected chi connectivity index (χ1v) is 14.8. The van der Waals surface area contributed by atoms with Crippen LogP contribution in [-0.2, 0) is 9.53 Å². The van der Waals surface area contributed by atoms with E-state index < -0.39 is 0 Å². The van der Waals surface area contributed by atoms with Crippen LogP contribution in [0, 0.1) is 0 Å². The minimum absolute atomic E-state index is 0.166. The molecule has 6 rings (SSSR count). The fraction of sp³-hybridized carbons (Fsp3) is 0.235. The summed E-state index contributed by atoms with van der Waals surface area (Å²) >= 11 is 0. The van der Waals surface area contributed by atoms with E-state index in [1.165, 1.54) is 15.5 Å². The summed E-state index contributed by atoms with van der Waals surface area (Å²) in [7, 11) is 3.77. The summed E-state index contributed by atoms with van der Waals surface area (Å²) < 4.78 is 14.3. The molecule has 45 heavy (non-hydrogen) atoms. The highest BCUT2D eigenvalue weighted by Crippen LogP contribution is 2.27. The van der Waals surface area contributed by atoms with Gasteiger partial charge in [0.15, 0.2) is 11.5 Å². The lowest BCUT2D eigenvalue weighted by molar-refractivity contribution is -0.113. The van der Waals surface area contributed by atoms with Gasteiger partial charge in [0.1, 0.15) is 23.3 Å². The molecule has 11 nitrogen and oxygen atoms in total. The summed E-state index contributed by atoms with van der Waals surface area (Å²) in [4.78, 5) is 39.5. The molecule has 230 valence electrons. The van der Waals surface area contributed by atoms with Crippen LogP contribution >= 0.6 is 0 Å². The zero-order valence-corrected chi connectivity index (χ0v) is 25.2. The molecule has 3 aromatic carbocycles. The molecule has 11 heteroatoms. The lowest BCUT2D eigenvalue weighted by atomic mass is 10.1. The Hall–Kier alpha value is -5.26. The molecule has 0 saturated carbocycles. The number of para-hydroxylation sites is 1. The summed E-state index contributed by atoms with van der Waals surface area (Å²) in [6, 6.07) is 24.2. The van der Waals surface area contributed by atoms with Crippen LogP contribution in [0.2, 0.25) is 0 Å². The van der Waals surface area contributed by atoms with Crippen molar-refractivity contribution >= 4 is 28.6 Å². The van der Waals surface area contributed by atoms with E-state index in [0.717, 1.165) is 26.1 Å². The van der Waals surface area contributed by atoms with Gasteiger partial charge in [-0.15, -0.1) is 0 Å². The molecule has 1 amide bonds. The first-order valence-electron chi connectivity index (χ1n) is 14.8. The van der Waals surface area contributed by atoms with Crippen LogP contribution < -0.4 is 21.1 Å². The average Bonchev–Trinajstić information content (AvgIpc) is 3.38. The van der Waals surface area contributed by atoms with Crippen molar-refractivity contribution in [2.24, 2.45) is 0 Å². The molecule has 2 N–H and O–H groups in total. The molecule has 3 heterocycles. The standard InChI is InChI=1S/C34H35N7O4/c1-38(24-17-20-44-21-18-24)19-7-12-30(42)39(2)26-8-6-9-27(22-26)41-33-31(32(35)36-23-37-33)40(34(41)43)25-13-15-29(16-14-25)45-28-10-4-3-5-11-28/h3-16,22-24H,17-21H2,1-2H3,(H2,35,36,37)/b12-7+. The predicted molar refractivity (Wildman–Crippen MR) is 174 cm³/mol. The number of likely N-dealkylation sites (N-methyl/N-ethyl adjacent to an activating group) is 2. The number of hydrogen-bond donors (Lipinski definition) is 1. The van der Waals surface area contributed by atoms with Gasteiger partial charge in [-0.2, -0.15) is 0 Å². The molecular weight excluding hydrogens is 570 g/mol. The van der Waals surface area contributed by atoms with Crippen LogP contribution in [0.3, 0.4) is 0 Å². The Kier molecular flexibility index (Phi) is 8.72. The Labute approximate surface area is 260 Å². The summed E-state index contributed by atoms with van der Waals surface area (Å²) in [5.74, 6) is 1.32. The molecule has 5 aromatic rings. The molecule has 0 spiro atoms. The maximum atomic E-state index is 14.0. The number of nitrogen functional groups attached to an aromatic ring is 1. The van der Waals surface area contributed by atoms with E-state index in [1.807, 2.05) is 42.5 Å². The second-order valence-electron chi connectivity index (χ2n) is 10.9. The number of nitrogens with zero attached hydrogens (tertiary/aromatic N) is 6. The number of fused-ring (bicyclic) bond motifs is 1. The fourth-order valence-corrected chi connectivity index (χ4v) is 5.48. The van der Waals surface area contributed by atoms with Gasteiger partial charge >= 0.3 is 5.69 Å². The Morgan fingerprint density at radius 3 is 2.44 bits per heavy atom. The van der Waals surface area contributed by atoms with Gasteiger partial charge in [0, 0.05) is 44.6 Å². The molecule has 0 bridgehead atoms. The molecular formula is C34H35N7O4. The van der Waals surface area contributed by atoms with Crippen LogP contribution in [0.5, 0.6) is 11.5 Å². The lowest BCUT2D eigenvalue weighted by Crippen LogP contribution is -2.36. The van der Waals surface area contributed by atoms with E-state index in [9.17, 15) is 9.59 Å². The van der Waals surface area contributed by atoms with Gasteiger partial charge in [0.05, 0.1) is 11.4 Å². The van der Waals surface area contributed by atoms with Gasteiger partial charge in [-0.05, 0) is 74.5 Å². The minimum atomic E-state index is -0.379. The van der Waals surface area contributed by atoms with Crippen LogP contribution in [0.1, 0.15) is 12.8 Å². The molecule has 1 saturated heterocycles. The van der Waals surface area contributed by atoms with Gasteiger partial charge in [-0.1, -0.05) is 30.3 Å². The van der Waals surface area contributed by atoms with Gasteiger partial charge in [0.25, 0.3) is 0 Å². The molecule has 1 fully saturated rings. The molecule has 1 aliphatic rings. The smallest absolute Gasteiger partial charge is 0.339 e. The largest absolute Gasteiger partial charge is 0.457 e. The van der Waals surface area contributed by atoms with E-state index in [2.05, 4.69) is 21.9 Å². The molecule has 0 radical (unpaired) electrons. The van der Waals surface area contributed by atoms with Gasteiger partial charge in [-0.3, -0.25) is 14.3 Å². The number of aromatic nitrogens is 4. The van der Waals surface area contributed by atoms with Crippen molar-refractivity contribution in [1.82, 2.24) is 24.0 Å². The van der Waals surface area contributed by atoms with E-state index in [1.54, 1.807) is 60.5 Å². The van der Waals surface area contributed by atoms with Gasteiger partial charge in [-0.25, -0.2) is 19.3 Å². The van der Waals surface area contributed by atoms with E-state index in [0.29, 0.717) is 52.3 Å². The first kappa shape index (κ1) is 29.8. The summed E-state index contributed by atoms with van der Waals surface area (Å²) in [6.45, 7) is 2.21. The number of amides is 1. The number of imidazole rings is 1. The van der Waals surface area contributed by atoms with Crippen molar-refractivity contribution in [3.05, 3.63) is 108 Å². The second-order valence-corrected chi connectivity index (χ2v) is 10.9. The first-order chi connectivity index (χ1) is 21.9. The van der Waals surface area contributed by atoms with Gasteiger partial charge in [0.2, 0.25) is 5.91 Å². The van der Waals surface area contributed by atoms with E-state index in [-0.39, 0.29) is 17.4 Å². The molecule has 0 atom stereocenters. The molecule has 2 aromatic heterocycles. The van der Waals surface area contributed by atoms with Crippen molar-refractivity contribution in [3.8, 4) is 22.9 Å². The van der Waals surface area contributed by atoms with E-state index >= 15 is 0 Å². The number of carbonyl (C=O) groups is 1. The number of hydrogen-bond acceptors (Lipinski definition) is 8. The average molecular weight is 606 g/mol. The number of nitrogens with two attached hydrogens (primary N) is 1. The maximum absolute atomic E-state index is 14.0. The Bertz CT molecular complexity index is 1880. The highest BCUT2D eigenvalue weighted by molar-refractivity contribution is 6.01. The van der Waals surface area contributed by atoms with Crippen LogP contribution in [0.15, 0.2) is 102 Å². The Morgan fingerprint density at radius 1 is 0.956 bits per heavy atom. The van der Waals surface area contributed by atoms with Crippen molar-refractivity contribution in [2.45, 2.75) is 18.9 Å². The van der Waals surface area contributed by atoms with Crippen molar-refractivity contribution < 1.29 is 14.3 Å². The normalized spacial score (nSPS) is 13.9. The van der Waals surface area contributed by atoms with Crippen LogP contribution in [-0.4, -0.2) is 69.8 Å². The summed E-state index contributed by atoms with van der Waals surface area (Å²) in [5, 5.41) is 0. The lowest BCUT2D eigenvalue weighted by Gasteiger charge is -2.30. The zero-order chi connectivity index (χ0) is 31.3. The highest BCUT2D eigenvalue weighted by Gasteiger charge is 2.21. The number of anilines is 2. The quantitative estimate of drug-likeness (QED) is 0.243. The van der Waals surface area contributed by atoms with Gasteiger partial charge < -0.3 is 20.1 Å². The molecule has 1 aliphatic heterocycles. The number of carbonyl (C=O) groups excluding carboxylic acids is 1. The highest BCUT2D eigenvalue weighted by atomic mass is 16.5. The summed E-state index contributed by atoms with van der Waals surface area (Å²) in [6.07, 6.45) is 6.78. The van der Waals surface area contributed by atoms with Crippen molar-refractivity contribution in [1.29, 1.82) is 0 Å². The van der Waals surface area contributed by atoms with E-state index in [4.69, 9.17) is 15.2 Å². The Balaban J connectivity index is 1.27. The zero-order valence-electron chi connectivity index (χ0n) is 25.2. The third kappa shape index (κ3) is 6.35. The predicted octanol–water partition coefficient (Wildman–Crippen LogP) is 4.58. The third-order valence-electron chi connectivity index (χ3n) is 8.00. The summed E-state index contributed by atoms with van der Waals surface area (Å²) in [5.41, 5.74) is 8.38. The third-order valence-corrected chi connectivity index (χ3v) is 8.00. The monoisotopic (exact) mass is 605 g/mol. The number of benzene rings is 3. The van der Waals surface area contributed by atoms with Crippen molar-refractivity contribution in [3.63, 3.8) is 0 Å². The topological polar surface area (TPSA) is 121 Å². The van der Waals surface area contributed by atoms with Crippen molar-refractivity contribution in [2.75, 3.05) is 44.5 Å². The van der Waals surface area contributed by atoms with Crippen LogP contribution in [0.25, 0.3) is 22.5 Å². The number of ether oxygens (including phenoxy) is 2. The SMILES string of the molecule is CN(C(=O)/C=C/CN(C)C1CCOCC1)c1cccc(-n2c(=O)n(-c3ccc(Oc4ccccc4)cc3)c3c(N)ncnc32)c1. The molecule has 0 aliphatic carbocycles.